The Morgan fingerprint density at radius 2 is 1.53 bits per heavy atom. The highest BCUT2D eigenvalue weighted by Crippen LogP contribution is 2.49. The molecule has 2 aromatic carbocycles. The molecule has 0 bridgehead atoms. The lowest BCUT2D eigenvalue weighted by atomic mass is 9.84. The highest BCUT2D eigenvalue weighted by Gasteiger charge is 2.50. The van der Waals surface area contributed by atoms with E-state index in [1.165, 1.54) is 5.56 Å². The minimum atomic E-state index is -0.762. The molecule has 0 amide bonds. The van der Waals surface area contributed by atoms with E-state index in [1.807, 2.05) is 6.92 Å². The van der Waals surface area contributed by atoms with Gasteiger partial charge in [-0.25, -0.2) is 0 Å². The van der Waals surface area contributed by atoms with Crippen LogP contribution in [0.3, 0.4) is 0 Å². The fraction of sp³-hybridized carbons (Fsp3) is 0.500. The van der Waals surface area contributed by atoms with Gasteiger partial charge in [-0.05, 0) is 72.4 Å². The fourth-order valence-corrected chi connectivity index (χ4v) is 5.25. The molecule has 2 aromatic rings. The van der Waals surface area contributed by atoms with Gasteiger partial charge in [0.05, 0.1) is 11.6 Å². The molecule has 0 radical (unpaired) electrons. The van der Waals surface area contributed by atoms with Gasteiger partial charge >= 0.3 is 0 Å². The Bertz CT molecular complexity index is 897. The average molecular weight is 408 g/mol. The highest BCUT2D eigenvalue weighted by atomic mass is 16.3. The molecule has 4 atom stereocenters. The minimum absolute atomic E-state index is 0.0861. The van der Waals surface area contributed by atoms with Crippen molar-refractivity contribution >= 4 is 5.78 Å². The van der Waals surface area contributed by atoms with Crippen molar-refractivity contribution in [3.8, 4) is 5.75 Å². The van der Waals surface area contributed by atoms with E-state index in [0.717, 1.165) is 31.5 Å². The monoisotopic (exact) mass is 407 g/mol. The van der Waals surface area contributed by atoms with E-state index >= 15 is 0 Å². The second-order valence-electron chi connectivity index (χ2n) is 10.3. The lowest BCUT2D eigenvalue weighted by molar-refractivity contribution is 0.0297. The molecule has 0 spiro atoms. The van der Waals surface area contributed by atoms with Crippen molar-refractivity contribution in [1.82, 2.24) is 4.90 Å². The fourth-order valence-electron chi connectivity index (χ4n) is 5.25. The summed E-state index contributed by atoms with van der Waals surface area (Å²) in [5, 5.41) is 20.8. The molecule has 1 saturated carbocycles. The van der Waals surface area contributed by atoms with E-state index in [-0.39, 0.29) is 23.0 Å². The van der Waals surface area contributed by atoms with Gasteiger partial charge in [0, 0.05) is 18.7 Å². The number of hydrogen-bond donors (Lipinski definition) is 2. The Morgan fingerprint density at radius 1 is 1.00 bits per heavy atom. The molecule has 1 heterocycles. The summed E-state index contributed by atoms with van der Waals surface area (Å²) in [6.45, 7) is 10.3. The summed E-state index contributed by atoms with van der Waals surface area (Å²) in [6, 6.07) is 14.8. The number of fused-ring (bicyclic) bond motifs is 1. The van der Waals surface area contributed by atoms with Crippen LogP contribution in [0.25, 0.3) is 0 Å². The van der Waals surface area contributed by atoms with E-state index < -0.39 is 5.60 Å². The number of rotatable bonds is 4. The third-order valence-electron chi connectivity index (χ3n) is 7.17. The van der Waals surface area contributed by atoms with Gasteiger partial charge in [-0.2, -0.15) is 0 Å². The number of phenols is 1. The highest BCUT2D eigenvalue weighted by molar-refractivity contribution is 5.99. The molecule has 160 valence electrons. The number of carbonyl (C=O) groups excluding carboxylic acids is 1. The molecule has 4 nitrogen and oxygen atoms in total. The normalized spacial score (nSPS) is 27.8. The number of aliphatic hydroxyl groups is 1. The van der Waals surface area contributed by atoms with Crippen LogP contribution in [-0.4, -0.2) is 40.0 Å². The van der Waals surface area contributed by atoms with Gasteiger partial charge in [-0.15, -0.1) is 0 Å². The Kier molecular flexibility index (Phi) is 5.27. The van der Waals surface area contributed by atoms with Crippen LogP contribution in [-0.2, 0) is 11.0 Å². The van der Waals surface area contributed by atoms with Crippen molar-refractivity contribution in [1.29, 1.82) is 0 Å². The molecule has 4 rings (SSSR count). The number of Topliss-reactive ketones (excluding diaryl/α,β-unsaturated/α-hetero) is 1. The Hall–Kier alpha value is -2.17. The summed E-state index contributed by atoms with van der Waals surface area (Å²) >= 11 is 0. The smallest absolute Gasteiger partial charge is 0.179 e. The maximum absolute atomic E-state index is 12.9. The molecule has 0 aromatic heterocycles. The zero-order chi connectivity index (χ0) is 21.7. The van der Waals surface area contributed by atoms with Crippen LogP contribution in [0.15, 0.2) is 48.5 Å². The minimum Gasteiger partial charge on any atom is -0.508 e. The number of aromatic hydroxyl groups is 1. The molecule has 1 saturated heterocycles. The molecule has 1 aliphatic carbocycles. The van der Waals surface area contributed by atoms with Gasteiger partial charge in [-0.1, -0.05) is 45.0 Å². The van der Waals surface area contributed by atoms with Gasteiger partial charge < -0.3 is 10.2 Å². The molecule has 1 aliphatic heterocycles. The molecule has 2 aliphatic rings. The number of hydrogen-bond acceptors (Lipinski definition) is 4. The molecule has 2 N–H and O–H groups in total. The molecule has 30 heavy (non-hydrogen) atoms. The number of nitrogens with zero attached hydrogens (tertiary/aromatic N) is 1. The molecule has 2 unspecified atom stereocenters. The van der Waals surface area contributed by atoms with Gasteiger partial charge in [0.2, 0.25) is 0 Å². The van der Waals surface area contributed by atoms with E-state index in [0.29, 0.717) is 17.4 Å². The first-order chi connectivity index (χ1) is 14.1. The summed E-state index contributed by atoms with van der Waals surface area (Å²) in [7, 11) is 0. The van der Waals surface area contributed by atoms with Crippen molar-refractivity contribution < 1.29 is 15.0 Å². The predicted molar refractivity (Wildman–Crippen MR) is 119 cm³/mol. The maximum atomic E-state index is 12.9. The van der Waals surface area contributed by atoms with E-state index in [9.17, 15) is 15.0 Å². The van der Waals surface area contributed by atoms with Gasteiger partial charge in [0.1, 0.15) is 5.75 Å². The zero-order valence-electron chi connectivity index (χ0n) is 18.4. The lowest BCUT2D eigenvalue weighted by Gasteiger charge is -2.29. The molecular formula is C26H33NO3. The summed E-state index contributed by atoms with van der Waals surface area (Å²) < 4.78 is 0. The van der Waals surface area contributed by atoms with Crippen molar-refractivity contribution in [3.05, 3.63) is 65.2 Å². The zero-order valence-corrected chi connectivity index (χ0v) is 18.4. The van der Waals surface area contributed by atoms with Crippen molar-refractivity contribution in [3.63, 3.8) is 0 Å². The van der Waals surface area contributed by atoms with Crippen LogP contribution < -0.4 is 0 Å². The Balaban J connectivity index is 1.42. The number of ketones is 1. The number of carbonyl (C=O) groups is 1. The SMILES string of the molecule is CC(C(=O)c1ccc(O)cc1)N1C[C@@H]2CC(O)(c3ccc(C(C)(C)C)cc3)C[C@@H]2C1. The van der Waals surface area contributed by atoms with Crippen molar-refractivity contribution in [2.45, 2.75) is 57.6 Å². The van der Waals surface area contributed by atoms with Crippen molar-refractivity contribution in [2.75, 3.05) is 13.1 Å². The van der Waals surface area contributed by atoms with E-state index in [4.69, 9.17) is 0 Å². The third kappa shape index (κ3) is 3.91. The number of benzene rings is 2. The average Bonchev–Trinajstić information content (AvgIpc) is 3.22. The first kappa shape index (κ1) is 21.1. The van der Waals surface area contributed by atoms with Crippen LogP contribution in [0.5, 0.6) is 5.75 Å². The van der Waals surface area contributed by atoms with Crippen LogP contribution in [0, 0.1) is 11.8 Å². The number of phenolic OH excluding ortho intramolecular Hbond substituents is 1. The molecular weight excluding hydrogens is 374 g/mol. The number of likely N-dealkylation sites (tertiary alicyclic amines) is 1. The second kappa shape index (κ2) is 7.51. The predicted octanol–water partition coefficient (Wildman–Crippen LogP) is 4.49. The largest absolute Gasteiger partial charge is 0.508 e. The summed E-state index contributed by atoms with van der Waals surface area (Å²) in [4.78, 5) is 15.1. The first-order valence-electron chi connectivity index (χ1n) is 11.0. The first-order valence-corrected chi connectivity index (χ1v) is 11.0. The van der Waals surface area contributed by atoms with Crippen molar-refractivity contribution in [2.24, 2.45) is 11.8 Å². The van der Waals surface area contributed by atoms with Crippen LogP contribution in [0.4, 0.5) is 0 Å². The third-order valence-corrected chi connectivity index (χ3v) is 7.17. The van der Waals surface area contributed by atoms with Crippen LogP contribution in [0.2, 0.25) is 0 Å². The van der Waals surface area contributed by atoms with Crippen LogP contribution in [0.1, 0.15) is 62.0 Å². The van der Waals surface area contributed by atoms with E-state index in [1.54, 1.807) is 24.3 Å². The summed E-state index contributed by atoms with van der Waals surface area (Å²) in [6.07, 6.45) is 1.51. The van der Waals surface area contributed by atoms with Gasteiger partial charge in [-0.3, -0.25) is 9.69 Å². The summed E-state index contributed by atoms with van der Waals surface area (Å²) in [5.41, 5.74) is 2.27. The second-order valence-corrected chi connectivity index (χ2v) is 10.3. The Labute approximate surface area is 179 Å². The maximum Gasteiger partial charge on any atom is 0.179 e. The standard InChI is InChI=1S/C26H33NO3/c1-17(24(29)18-5-11-23(28)12-6-18)27-15-19-13-26(30,14-20(19)16-27)22-9-7-21(8-10-22)25(2,3)4/h5-12,17,19-20,28,30H,13-16H2,1-4H3/t17?,19-,20+,26?. The van der Waals surface area contributed by atoms with Crippen LogP contribution >= 0.6 is 0 Å². The van der Waals surface area contributed by atoms with E-state index in [2.05, 4.69) is 49.9 Å². The Morgan fingerprint density at radius 3 is 2.03 bits per heavy atom. The topological polar surface area (TPSA) is 60.8 Å². The lowest BCUT2D eigenvalue weighted by Crippen LogP contribution is -2.39. The quantitative estimate of drug-likeness (QED) is 0.733. The van der Waals surface area contributed by atoms with Gasteiger partial charge in [0.25, 0.3) is 0 Å². The molecule has 2 fully saturated rings. The summed E-state index contributed by atoms with van der Waals surface area (Å²) in [5.74, 6) is 1.08. The van der Waals surface area contributed by atoms with Gasteiger partial charge in [0.15, 0.2) is 5.78 Å². The molecule has 4 heteroatoms.